The zero-order valence-electron chi connectivity index (χ0n) is 8.06. The smallest absolute Gasteiger partial charge is 0.154 e. The van der Waals surface area contributed by atoms with Gasteiger partial charge in [0.25, 0.3) is 0 Å². The molecule has 0 N–H and O–H groups in total. The first kappa shape index (κ1) is 9.12. The number of hydrogen-bond acceptors (Lipinski definition) is 3. The summed E-state index contributed by atoms with van der Waals surface area (Å²) in [5.41, 5.74) is 1.78. The fourth-order valence-electron chi connectivity index (χ4n) is 1.88. The molecule has 5 heteroatoms. The largest absolute Gasteiger partial charge is 0.372 e. The Kier molecular flexibility index (Phi) is 2.11. The molecule has 0 radical (unpaired) electrons. The van der Waals surface area contributed by atoms with Gasteiger partial charge >= 0.3 is 0 Å². The van der Waals surface area contributed by atoms with Crippen molar-refractivity contribution >= 4 is 17.1 Å². The third-order valence-electron chi connectivity index (χ3n) is 2.62. The Morgan fingerprint density at radius 1 is 1.53 bits per heavy atom. The zero-order valence-corrected chi connectivity index (χ0v) is 8.81. The maximum Gasteiger partial charge on any atom is 0.154 e. The summed E-state index contributed by atoms with van der Waals surface area (Å²) >= 11 is 5.96. The van der Waals surface area contributed by atoms with Gasteiger partial charge in [0.1, 0.15) is 11.6 Å². The molecule has 1 saturated heterocycles. The van der Waals surface area contributed by atoms with E-state index in [0.29, 0.717) is 5.15 Å². The zero-order chi connectivity index (χ0) is 10.3. The van der Waals surface area contributed by atoms with E-state index in [9.17, 15) is 0 Å². The first-order valence-corrected chi connectivity index (χ1v) is 5.34. The van der Waals surface area contributed by atoms with E-state index in [1.165, 1.54) is 0 Å². The lowest BCUT2D eigenvalue weighted by atomic mass is 10.2. The molecule has 2 aromatic heterocycles. The molecule has 1 atom stereocenters. The summed E-state index contributed by atoms with van der Waals surface area (Å²) in [7, 11) is 0. The van der Waals surface area contributed by atoms with Crippen molar-refractivity contribution in [3.05, 3.63) is 29.3 Å². The second-order valence-electron chi connectivity index (χ2n) is 3.62. The molecule has 0 amide bonds. The first-order valence-electron chi connectivity index (χ1n) is 4.96. The Morgan fingerprint density at radius 3 is 3.20 bits per heavy atom. The van der Waals surface area contributed by atoms with Gasteiger partial charge in [-0.3, -0.25) is 0 Å². The van der Waals surface area contributed by atoms with Crippen LogP contribution in [0.5, 0.6) is 0 Å². The summed E-state index contributed by atoms with van der Waals surface area (Å²) in [5, 5.41) is 4.90. The van der Waals surface area contributed by atoms with E-state index < -0.39 is 0 Å². The van der Waals surface area contributed by atoms with E-state index >= 15 is 0 Å². The lowest BCUT2D eigenvalue weighted by molar-refractivity contribution is 0.108. The fraction of sp³-hybridized carbons (Fsp3) is 0.400. The highest BCUT2D eigenvalue weighted by atomic mass is 35.5. The van der Waals surface area contributed by atoms with E-state index in [-0.39, 0.29) is 6.10 Å². The summed E-state index contributed by atoms with van der Waals surface area (Å²) in [4.78, 5) is 4.01. The molecule has 1 fully saturated rings. The number of hydrogen-bond donors (Lipinski definition) is 0. The third-order valence-corrected chi connectivity index (χ3v) is 2.91. The van der Waals surface area contributed by atoms with Crippen molar-refractivity contribution in [2.45, 2.75) is 18.9 Å². The molecule has 0 saturated carbocycles. The van der Waals surface area contributed by atoms with Crippen molar-refractivity contribution in [1.82, 2.24) is 14.6 Å². The predicted octanol–water partition coefficient (Wildman–Crippen LogP) is 2.23. The van der Waals surface area contributed by atoms with Crippen LogP contribution in [0.4, 0.5) is 0 Å². The van der Waals surface area contributed by atoms with E-state index in [1.54, 1.807) is 16.9 Å². The molecule has 1 aliphatic rings. The van der Waals surface area contributed by atoms with E-state index in [2.05, 4.69) is 10.1 Å². The van der Waals surface area contributed by atoms with Crippen LogP contribution in [0.1, 0.15) is 24.6 Å². The summed E-state index contributed by atoms with van der Waals surface area (Å²) in [5.74, 6) is 0. The van der Waals surface area contributed by atoms with Crippen LogP contribution in [0.3, 0.4) is 0 Å². The first-order chi connectivity index (χ1) is 7.34. The molecule has 4 nitrogen and oxygen atoms in total. The SMILES string of the molecule is Clc1nccn2nc([C@@H]3CCCO3)cc12. The van der Waals surface area contributed by atoms with Crippen molar-refractivity contribution < 1.29 is 4.74 Å². The van der Waals surface area contributed by atoms with Gasteiger partial charge in [-0.15, -0.1) is 0 Å². The maximum absolute atomic E-state index is 5.96. The van der Waals surface area contributed by atoms with Gasteiger partial charge in [0.2, 0.25) is 0 Å². The standard InChI is InChI=1S/C10H10ClN3O/c11-10-8-6-7(9-2-1-5-15-9)13-14(8)4-3-12-10/h3-4,6,9H,1-2,5H2/t9-/m0/s1. The maximum atomic E-state index is 5.96. The van der Waals surface area contributed by atoms with Crippen LogP contribution in [0.2, 0.25) is 5.15 Å². The minimum absolute atomic E-state index is 0.126. The number of nitrogens with zero attached hydrogens (tertiary/aromatic N) is 3. The number of rotatable bonds is 1. The number of ether oxygens (including phenoxy) is 1. The quantitative estimate of drug-likeness (QED) is 0.744. The van der Waals surface area contributed by atoms with Gasteiger partial charge in [-0.25, -0.2) is 9.50 Å². The minimum atomic E-state index is 0.126. The van der Waals surface area contributed by atoms with E-state index in [0.717, 1.165) is 30.7 Å². The molecule has 1 aliphatic heterocycles. The van der Waals surface area contributed by atoms with E-state index in [1.807, 2.05) is 6.07 Å². The Morgan fingerprint density at radius 2 is 2.47 bits per heavy atom. The van der Waals surface area contributed by atoms with Crippen molar-refractivity contribution in [1.29, 1.82) is 0 Å². The molecule has 0 unspecified atom stereocenters. The van der Waals surface area contributed by atoms with Crippen LogP contribution in [-0.4, -0.2) is 21.2 Å². The van der Waals surface area contributed by atoms with Crippen LogP contribution in [0.25, 0.3) is 5.52 Å². The highest BCUT2D eigenvalue weighted by Gasteiger charge is 2.21. The predicted molar refractivity (Wildman–Crippen MR) is 55.9 cm³/mol. The second-order valence-corrected chi connectivity index (χ2v) is 3.98. The van der Waals surface area contributed by atoms with Gasteiger partial charge in [0, 0.05) is 19.0 Å². The van der Waals surface area contributed by atoms with Crippen LogP contribution in [0.15, 0.2) is 18.5 Å². The van der Waals surface area contributed by atoms with Crippen LogP contribution < -0.4 is 0 Å². The van der Waals surface area contributed by atoms with Crippen molar-refractivity contribution in [2.24, 2.45) is 0 Å². The van der Waals surface area contributed by atoms with Gasteiger partial charge in [0.05, 0.1) is 5.69 Å². The fourth-order valence-corrected chi connectivity index (χ4v) is 2.07. The average Bonchev–Trinajstić information content (AvgIpc) is 2.86. The Balaban J connectivity index is 2.09. The molecule has 3 heterocycles. The normalized spacial score (nSPS) is 21.3. The van der Waals surface area contributed by atoms with Gasteiger partial charge in [-0.1, -0.05) is 11.6 Å². The molecule has 0 spiro atoms. The second kappa shape index (κ2) is 3.47. The Labute approximate surface area is 91.8 Å². The molecule has 0 aliphatic carbocycles. The molecule has 3 rings (SSSR count). The molecule has 2 aromatic rings. The molecule has 0 aromatic carbocycles. The van der Waals surface area contributed by atoms with Crippen molar-refractivity contribution in [2.75, 3.05) is 6.61 Å². The highest BCUT2D eigenvalue weighted by Crippen LogP contribution is 2.29. The number of halogens is 1. The molecular weight excluding hydrogens is 214 g/mol. The van der Waals surface area contributed by atoms with Crippen LogP contribution in [-0.2, 0) is 4.74 Å². The average molecular weight is 224 g/mol. The van der Waals surface area contributed by atoms with E-state index in [4.69, 9.17) is 16.3 Å². The topological polar surface area (TPSA) is 39.4 Å². The monoisotopic (exact) mass is 223 g/mol. The molecule has 15 heavy (non-hydrogen) atoms. The summed E-state index contributed by atoms with van der Waals surface area (Å²) < 4.78 is 7.31. The van der Waals surface area contributed by atoms with Gasteiger partial charge < -0.3 is 4.74 Å². The lowest BCUT2D eigenvalue weighted by Gasteiger charge is -2.03. The van der Waals surface area contributed by atoms with Gasteiger partial charge in [-0.05, 0) is 18.9 Å². The highest BCUT2D eigenvalue weighted by molar-refractivity contribution is 6.32. The number of aromatic nitrogens is 3. The van der Waals surface area contributed by atoms with Crippen LogP contribution in [0, 0.1) is 0 Å². The van der Waals surface area contributed by atoms with Crippen molar-refractivity contribution in [3.63, 3.8) is 0 Å². The Hall–Kier alpha value is -1.13. The molecular formula is C10H10ClN3O. The minimum Gasteiger partial charge on any atom is -0.372 e. The molecule has 78 valence electrons. The number of fused-ring (bicyclic) bond motifs is 1. The summed E-state index contributed by atoms with van der Waals surface area (Å²) in [6.45, 7) is 0.824. The lowest BCUT2D eigenvalue weighted by Crippen LogP contribution is -1.96. The molecule has 0 bridgehead atoms. The van der Waals surface area contributed by atoms with Crippen molar-refractivity contribution in [3.8, 4) is 0 Å². The third kappa shape index (κ3) is 1.50. The summed E-state index contributed by atoms with van der Waals surface area (Å²) in [6.07, 6.45) is 5.70. The Bertz CT molecular complexity index is 490. The summed E-state index contributed by atoms with van der Waals surface area (Å²) in [6, 6.07) is 1.95. The van der Waals surface area contributed by atoms with Gasteiger partial charge in [0.15, 0.2) is 5.15 Å². The van der Waals surface area contributed by atoms with Crippen LogP contribution >= 0.6 is 11.6 Å². The van der Waals surface area contributed by atoms with Gasteiger partial charge in [-0.2, -0.15) is 5.10 Å².